The first-order valence-corrected chi connectivity index (χ1v) is 6.24. The molecule has 0 saturated heterocycles. The second kappa shape index (κ2) is 5.25. The van der Waals surface area contributed by atoms with Gasteiger partial charge < -0.3 is 5.32 Å². The van der Waals surface area contributed by atoms with Gasteiger partial charge in [-0.25, -0.2) is 8.78 Å². The maximum Gasteiger partial charge on any atom is 0.126 e. The molecular weight excluding hydrogens is 258 g/mol. The molecule has 1 N–H and O–H groups in total. The highest BCUT2D eigenvalue weighted by molar-refractivity contribution is 5.93. The van der Waals surface area contributed by atoms with E-state index in [1.165, 1.54) is 12.1 Å². The van der Waals surface area contributed by atoms with Crippen LogP contribution in [0, 0.1) is 11.6 Å². The number of hydrogen-bond donors (Lipinski definition) is 1. The third-order valence-corrected chi connectivity index (χ3v) is 3.09. The van der Waals surface area contributed by atoms with Crippen LogP contribution in [0.3, 0.4) is 0 Å². The van der Waals surface area contributed by atoms with Gasteiger partial charge in [0.05, 0.1) is 0 Å². The molecule has 20 heavy (non-hydrogen) atoms. The molecule has 3 rings (SSSR count). The second-order valence-electron chi connectivity index (χ2n) is 4.53. The monoisotopic (exact) mass is 270 g/mol. The molecular formula is C16H12F2N2. The van der Waals surface area contributed by atoms with Crippen molar-refractivity contribution < 1.29 is 8.78 Å². The van der Waals surface area contributed by atoms with E-state index in [1.54, 1.807) is 12.4 Å². The van der Waals surface area contributed by atoms with E-state index in [0.717, 1.165) is 22.5 Å². The van der Waals surface area contributed by atoms with Gasteiger partial charge in [0.1, 0.15) is 11.6 Å². The van der Waals surface area contributed by atoms with E-state index in [0.29, 0.717) is 12.1 Å². The van der Waals surface area contributed by atoms with Gasteiger partial charge in [-0.15, -0.1) is 0 Å². The summed E-state index contributed by atoms with van der Waals surface area (Å²) in [6.45, 7) is 0.350. The van der Waals surface area contributed by atoms with Crippen molar-refractivity contribution in [1.29, 1.82) is 0 Å². The number of benzene rings is 2. The molecule has 3 aromatic rings. The molecule has 2 nitrogen and oxygen atoms in total. The normalized spacial score (nSPS) is 10.7. The largest absolute Gasteiger partial charge is 0.380 e. The van der Waals surface area contributed by atoms with Crippen molar-refractivity contribution in [3.8, 4) is 0 Å². The Morgan fingerprint density at radius 2 is 1.80 bits per heavy atom. The molecule has 0 atom stereocenters. The van der Waals surface area contributed by atoms with Gasteiger partial charge in [-0.05, 0) is 35.2 Å². The Labute approximate surface area is 115 Å². The highest BCUT2D eigenvalue weighted by Crippen LogP contribution is 2.22. The lowest BCUT2D eigenvalue weighted by Gasteiger charge is -2.09. The predicted octanol–water partition coefficient (Wildman–Crippen LogP) is 4.13. The summed E-state index contributed by atoms with van der Waals surface area (Å²) < 4.78 is 26.3. The van der Waals surface area contributed by atoms with Crippen molar-refractivity contribution in [1.82, 2.24) is 4.98 Å². The van der Waals surface area contributed by atoms with Crippen LogP contribution in [0.2, 0.25) is 0 Å². The van der Waals surface area contributed by atoms with Gasteiger partial charge in [-0.1, -0.05) is 12.1 Å². The topological polar surface area (TPSA) is 24.9 Å². The fraction of sp³-hybridized carbons (Fsp3) is 0.0625. The molecule has 0 fully saturated rings. The summed E-state index contributed by atoms with van der Waals surface area (Å²) in [6, 6.07) is 11.3. The van der Waals surface area contributed by atoms with Crippen LogP contribution in [0.1, 0.15) is 5.56 Å². The molecule has 0 saturated carbocycles. The number of aromatic nitrogens is 1. The fourth-order valence-electron chi connectivity index (χ4n) is 2.18. The van der Waals surface area contributed by atoms with Gasteiger partial charge in [0, 0.05) is 36.1 Å². The standard InChI is InChI=1S/C16H12F2N2/c17-13-6-11(7-14(18)8-13)9-20-16-3-1-2-12-4-5-19-10-15(12)16/h1-8,10,20H,9H2. The van der Waals surface area contributed by atoms with Crippen LogP contribution in [0.25, 0.3) is 10.8 Å². The Morgan fingerprint density at radius 3 is 2.60 bits per heavy atom. The third kappa shape index (κ3) is 2.59. The Balaban J connectivity index is 1.87. The molecule has 0 aliphatic carbocycles. The second-order valence-corrected chi connectivity index (χ2v) is 4.53. The van der Waals surface area contributed by atoms with Crippen molar-refractivity contribution in [2.75, 3.05) is 5.32 Å². The Hall–Kier alpha value is -2.49. The number of fused-ring (bicyclic) bond motifs is 1. The Morgan fingerprint density at radius 1 is 1.00 bits per heavy atom. The quantitative estimate of drug-likeness (QED) is 0.774. The highest BCUT2D eigenvalue weighted by Gasteiger charge is 2.03. The van der Waals surface area contributed by atoms with Gasteiger partial charge in [0.25, 0.3) is 0 Å². The first-order valence-electron chi connectivity index (χ1n) is 6.24. The molecule has 100 valence electrons. The van der Waals surface area contributed by atoms with Crippen LogP contribution in [0.5, 0.6) is 0 Å². The third-order valence-electron chi connectivity index (χ3n) is 3.09. The maximum atomic E-state index is 13.1. The van der Waals surface area contributed by atoms with Crippen LogP contribution in [-0.4, -0.2) is 4.98 Å². The summed E-state index contributed by atoms with van der Waals surface area (Å²) >= 11 is 0. The summed E-state index contributed by atoms with van der Waals surface area (Å²) in [6.07, 6.45) is 3.50. The zero-order valence-electron chi connectivity index (χ0n) is 10.6. The Bertz CT molecular complexity index is 731. The smallest absolute Gasteiger partial charge is 0.126 e. The summed E-state index contributed by atoms with van der Waals surface area (Å²) in [5.74, 6) is -1.14. The minimum Gasteiger partial charge on any atom is -0.380 e. The zero-order valence-corrected chi connectivity index (χ0v) is 10.6. The molecule has 0 radical (unpaired) electrons. The van der Waals surface area contributed by atoms with Crippen molar-refractivity contribution in [2.45, 2.75) is 6.54 Å². The maximum absolute atomic E-state index is 13.1. The first-order chi connectivity index (χ1) is 9.72. The molecule has 0 spiro atoms. The predicted molar refractivity (Wildman–Crippen MR) is 75.4 cm³/mol. The van der Waals surface area contributed by atoms with E-state index < -0.39 is 11.6 Å². The van der Waals surface area contributed by atoms with Gasteiger partial charge in [0.15, 0.2) is 0 Å². The lowest BCUT2D eigenvalue weighted by atomic mass is 10.1. The van der Waals surface area contributed by atoms with Crippen LogP contribution >= 0.6 is 0 Å². The average Bonchev–Trinajstić information content (AvgIpc) is 2.44. The lowest BCUT2D eigenvalue weighted by molar-refractivity contribution is 0.580. The number of rotatable bonds is 3. The molecule has 2 aromatic carbocycles. The van der Waals surface area contributed by atoms with E-state index >= 15 is 0 Å². The lowest BCUT2D eigenvalue weighted by Crippen LogP contribution is -2.01. The zero-order chi connectivity index (χ0) is 13.9. The van der Waals surface area contributed by atoms with E-state index in [2.05, 4.69) is 10.3 Å². The van der Waals surface area contributed by atoms with Crippen LogP contribution < -0.4 is 5.32 Å². The molecule has 1 heterocycles. The molecule has 0 amide bonds. The number of nitrogens with one attached hydrogen (secondary N) is 1. The van der Waals surface area contributed by atoms with E-state index in [-0.39, 0.29) is 0 Å². The van der Waals surface area contributed by atoms with Crippen molar-refractivity contribution in [3.05, 3.63) is 72.1 Å². The van der Waals surface area contributed by atoms with Crippen molar-refractivity contribution in [2.24, 2.45) is 0 Å². The first kappa shape index (κ1) is 12.5. The van der Waals surface area contributed by atoms with Crippen LogP contribution in [0.4, 0.5) is 14.5 Å². The molecule has 1 aromatic heterocycles. The highest BCUT2D eigenvalue weighted by atomic mass is 19.1. The fourth-order valence-corrected chi connectivity index (χ4v) is 2.18. The van der Waals surface area contributed by atoms with Crippen LogP contribution in [-0.2, 0) is 6.54 Å². The van der Waals surface area contributed by atoms with E-state index in [4.69, 9.17) is 0 Å². The van der Waals surface area contributed by atoms with Crippen LogP contribution in [0.15, 0.2) is 54.9 Å². The molecule has 0 aliphatic rings. The average molecular weight is 270 g/mol. The number of pyridine rings is 1. The molecule has 4 heteroatoms. The number of halogens is 2. The molecule has 0 bridgehead atoms. The van der Waals surface area contributed by atoms with E-state index in [9.17, 15) is 8.78 Å². The SMILES string of the molecule is Fc1cc(F)cc(CNc2cccc3ccncc23)c1. The summed E-state index contributed by atoms with van der Waals surface area (Å²) in [4.78, 5) is 4.10. The van der Waals surface area contributed by atoms with Crippen molar-refractivity contribution >= 4 is 16.5 Å². The number of anilines is 1. The summed E-state index contributed by atoms with van der Waals surface area (Å²) in [5, 5.41) is 5.23. The minimum absolute atomic E-state index is 0.350. The molecule has 0 unspecified atom stereocenters. The van der Waals surface area contributed by atoms with Crippen molar-refractivity contribution in [3.63, 3.8) is 0 Å². The number of hydrogen-bond acceptors (Lipinski definition) is 2. The molecule has 0 aliphatic heterocycles. The van der Waals surface area contributed by atoms with Gasteiger partial charge >= 0.3 is 0 Å². The minimum atomic E-state index is -0.568. The number of nitrogens with zero attached hydrogens (tertiary/aromatic N) is 1. The summed E-state index contributed by atoms with van der Waals surface area (Å²) in [5.41, 5.74) is 1.45. The van der Waals surface area contributed by atoms with Gasteiger partial charge in [-0.2, -0.15) is 0 Å². The van der Waals surface area contributed by atoms with E-state index in [1.807, 2.05) is 24.3 Å². The van der Waals surface area contributed by atoms with Gasteiger partial charge in [-0.3, -0.25) is 4.98 Å². The van der Waals surface area contributed by atoms with Gasteiger partial charge in [0.2, 0.25) is 0 Å². The Kier molecular flexibility index (Phi) is 3.29. The summed E-state index contributed by atoms with van der Waals surface area (Å²) in [7, 11) is 0.